The van der Waals surface area contributed by atoms with E-state index in [1.165, 1.54) is 0 Å². The molecule has 1 aliphatic heterocycles. The average Bonchev–Trinajstić information content (AvgIpc) is 2.43. The Morgan fingerprint density at radius 1 is 1.50 bits per heavy atom. The molecule has 1 heterocycles. The molecule has 1 unspecified atom stereocenters. The molecule has 0 bridgehead atoms. The molecule has 0 saturated carbocycles. The van der Waals surface area contributed by atoms with Crippen molar-refractivity contribution in [1.82, 2.24) is 10.4 Å². The summed E-state index contributed by atoms with van der Waals surface area (Å²) < 4.78 is 0. The van der Waals surface area contributed by atoms with Gasteiger partial charge in [-0.2, -0.15) is 12.6 Å². The number of imide groups is 1. The van der Waals surface area contributed by atoms with E-state index in [-0.39, 0.29) is 5.75 Å². The predicted molar refractivity (Wildman–Crippen MR) is 51.0 cm³/mol. The number of thiol groups is 1. The van der Waals surface area contributed by atoms with Crippen LogP contribution in [0.1, 0.15) is 0 Å². The standard InChI is InChI=1S/C7H9N3O3S/c8-7(13)4(3-14)9-10-5(11)1-2-6(10)12/h1-2,4,9,14H,3H2,(H2,8,13). The van der Waals surface area contributed by atoms with Crippen molar-refractivity contribution in [2.45, 2.75) is 6.04 Å². The van der Waals surface area contributed by atoms with Crippen LogP contribution in [-0.4, -0.2) is 34.5 Å². The first-order valence-corrected chi connectivity index (χ1v) is 4.42. The molecular formula is C7H9N3O3S. The molecule has 1 aliphatic rings. The summed E-state index contributed by atoms with van der Waals surface area (Å²) in [7, 11) is 0. The number of rotatable bonds is 4. The second-order valence-electron chi connectivity index (χ2n) is 2.61. The van der Waals surface area contributed by atoms with Gasteiger partial charge in [0.1, 0.15) is 6.04 Å². The summed E-state index contributed by atoms with van der Waals surface area (Å²) in [5.74, 6) is -1.62. The van der Waals surface area contributed by atoms with Crippen LogP contribution in [0.2, 0.25) is 0 Å². The summed E-state index contributed by atoms with van der Waals surface area (Å²) in [6.07, 6.45) is 2.21. The second kappa shape index (κ2) is 4.25. The van der Waals surface area contributed by atoms with Crippen LogP contribution < -0.4 is 11.2 Å². The van der Waals surface area contributed by atoms with Gasteiger partial charge in [-0.25, -0.2) is 10.4 Å². The second-order valence-corrected chi connectivity index (χ2v) is 2.98. The molecule has 76 valence electrons. The highest BCUT2D eigenvalue weighted by Gasteiger charge is 2.27. The van der Waals surface area contributed by atoms with Crippen molar-refractivity contribution in [3.8, 4) is 0 Å². The maximum atomic E-state index is 11.0. The zero-order valence-electron chi connectivity index (χ0n) is 7.14. The van der Waals surface area contributed by atoms with Crippen LogP contribution in [0.25, 0.3) is 0 Å². The fraction of sp³-hybridized carbons (Fsp3) is 0.286. The summed E-state index contributed by atoms with van der Waals surface area (Å²) in [6, 6.07) is -0.842. The van der Waals surface area contributed by atoms with Crippen LogP contribution >= 0.6 is 12.6 Å². The summed E-state index contributed by atoms with van der Waals surface area (Å²) in [6.45, 7) is 0. The zero-order valence-corrected chi connectivity index (χ0v) is 8.03. The SMILES string of the molecule is NC(=O)C(CS)NN1C(=O)C=CC1=O. The van der Waals surface area contributed by atoms with E-state index in [1.807, 2.05) is 0 Å². The van der Waals surface area contributed by atoms with Crippen molar-refractivity contribution in [3.63, 3.8) is 0 Å². The lowest BCUT2D eigenvalue weighted by Crippen LogP contribution is -2.53. The molecule has 7 heteroatoms. The number of hydrazine groups is 1. The molecular weight excluding hydrogens is 206 g/mol. The lowest BCUT2D eigenvalue weighted by molar-refractivity contribution is -0.141. The van der Waals surface area contributed by atoms with Crippen molar-refractivity contribution in [2.24, 2.45) is 5.73 Å². The molecule has 6 nitrogen and oxygen atoms in total. The Balaban J connectivity index is 2.64. The van der Waals surface area contributed by atoms with Gasteiger partial charge >= 0.3 is 0 Å². The third-order valence-electron chi connectivity index (χ3n) is 1.62. The first kappa shape index (κ1) is 10.7. The van der Waals surface area contributed by atoms with Crippen LogP contribution in [-0.2, 0) is 14.4 Å². The van der Waals surface area contributed by atoms with Crippen LogP contribution in [0.3, 0.4) is 0 Å². The fourth-order valence-corrected chi connectivity index (χ4v) is 1.14. The number of hydrogen-bond donors (Lipinski definition) is 3. The molecule has 1 rings (SSSR count). The van der Waals surface area contributed by atoms with Crippen molar-refractivity contribution in [3.05, 3.63) is 12.2 Å². The van der Waals surface area contributed by atoms with Crippen molar-refractivity contribution in [1.29, 1.82) is 0 Å². The fourth-order valence-electron chi connectivity index (χ4n) is 0.878. The van der Waals surface area contributed by atoms with Gasteiger partial charge in [0, 0.05) is 17.9 Å². The highest BCUT2D eigenvalue weighted by atomic mass is 32.1. The highest BCUT2D eigenvalue weighted by Crippen LogP contribution is 2.01. The zero-order chi connectivity index (χ0) is 10.7. The highest BCUT2D eigenvalue weighted by molar-refractivity contribution is 7.80. The molecule has 0 saturated heterocycles. The minimum atomic E-state index is -0.842. The van der Waals surface area contributed by atoms with Gasteiger partial charge in [0.25, 0.3) is 11.8 Å². The summed E-state index contributed by atoms with van der Waals surface area (Å²) in [5, 5.41) is 0.728. The van der Waals surface area contributed by atoms with Gasteiger partial charge in [-0.3, -0.25) is 14.4 Å². The smallest absolute Gasteiger partial charge is 0.268 e. The first-order chi connectivity index (χ1) is 6.56. The number of amides is 3. The van der Waals surface area contributed by atoms with Crippen molar-refractivity contribution < 1.29 is 14.4 Å². The molecule has 14 heavy (non-hydrogen) atoms. The third kappa shape index (κ3) is 2.12. The molecule has 3 amide bonds. The molecule has 1 atom stereocenters. The molecule has 0 spiro atoms. The maximum absolute atomic E-state index is 11.0. The lowest BCUT2D eigenvalue weighted by Gasteiger charge is -2.20. The number of hydrogen-bond acceptors (Lipinski definition) is 5. The number of primary amides is 1. The van der Waals surface area contributed by atoms with Crippen LogP contribution in [0, 0.1) is 0 Å². The summed E-state index contributed by atoms with van der Waals surface area (Å²) in [4.78, 5) is 32.8. The Bertz CT molecular complexity index is 297. The van der Waals surface area contributed by atoms with E-state index in [4.69, 9.17) is 5.73 Å². The van der Waals surface area contributed by atoms with E-state index in [0.717, 1.165) is 17.2 Å². The minimum absolute atomic E-state index is 0.104. The van der Waals surface area contributed by atoms with Crippen LogP contribution in [0.15, 0.2) is 12.2 Å². The van der Waals surface area contributed by atoms with Gasteiger partial charge < -0.3 is 5.73 Å². The van der Waals surface area contributed by atoms with Crippen molar-refractivity contribution >= 4 is 30.4 Å². The molecule has 0 aliphatic carbocycles. The van der Waals surface area contributed by atoms with Gasteiger partial charge in [-0.15, -0.1) is 0 Å². The molecule has 0 aromatic rings. The topological polar surface area (TPSA) is 92.5 Å². The Morgan fingerprint density at radius 3 is 2.36 bits per heavy atom. The van der Waals surface area contributed by atoms with E-state index in [0.29, 0.717) is 0 Å². The minimum Gasteiger partial charge on any atom is -0.368 e. The normalized spacial score (nSPS) is 17.6. The molecule has 0 aromatic carbocycles. The molecule has 0 radical (unpaired) electrons. The Hall–Kier alpha value is -1.34. The Labute approximate surface area is 85.5 Å². The summed E-state index contributed by atoms with van der Waals surface area (Å²) >= 11 is 3.85. The van der Waals surface area contributed by atoms with Gasteiger partial charge in [-0.1, -0.05) is 0 Å². The molecule has 0 aromatic heterocycles. The van der Waals surface area contributed by atoms with Crippen LogP contribution in [0.4, 0.5) is 0 Å². The Morgan fingerprint density at radius 2 is 2.00 bits per heavy atom. The average molecular weight is 215 g/mol. The van der Waals surface area contributed by atoms with E-state index >= 15 is 0 Å². The van der Waals surface area contributed by atoms with Gasteiger partial charge in [0.15, 0.2) is 0 Å². The maximum Gasteiger partial charge on any atom is 0.268 e. The number of carbonyl (C=O) groups excluding carboxylic acids is 3. The van der Waals surface area contributed by atoms with Gasteiger partial charge in [0.05, 0.1) is 0 Å². The number of carbonyl (C=O) groups is 3. The predicted octanol–water partition coefficient (Wildman–Crippen LogP) is -1.80. The number of nitrogens with two attached hydrogens (primary N) is 1. The lowest BCUT2D eigenvalue weighted by atomic mass is 10.3. The third-order valence-corrected chi connectivity index (χ3v) is 1.99. The van der Waals surface area contributed by atoms with Crippen molar-refractivity contribution in [2.75, 3.05) is 5.75 Å². The van der Waals surface area contributed by atoms with Crippen LogP contribution in [0.5, 0.6) is 0 Å². The number of nitrogens with one attached hydrogen (secondary N) is 1. The van der Waals surface area contributed by atoms with E-state index in [2.05, 4.69) is 18.1 Å². The van der Waals surface area contributed by atoms with E-state index in [9.17, 15) is 14.4 Å². The first-order valence-electron chi connectivity index (χ1n) is 3.78. The molecule has 0 fully saturated rings. The van der Waals surface area contributed by atoms with Gasteiger partial charge in [-0.05, 0) is 0 Å². The Kier molecular flexibility index (Phi) is 3.26. The quantitative estimate of drug-likeness (QED) is 0.381. The largest absolute Gasteiger partial charge is 0.368 e. The van der Waals surface area contributed by atoms with Gasteiger partial charge in [0.2, 0.25) is 5.91 Å². The number of nitrogens with zero attached hydrogens (tertiary/aromatic N) is 1. The van der Waals surface area contributed by atoms with E-state index < -0.39 is 23.8 Å². The monoisotopic (exact) mass is 215 g/mol. The van der Waals surface area contributed by atoms with E-state index in [1.54, 1.807) is 0 Å². The molecule has 3 N–H and O–H groups in total. The summed E-state index contributed by atoms with van der Waals surface area (Å²) in [5.41, 5.74) is 7.38.